The number of likely N-dealkylation sites (N-methyl/N-ethyl adjacent to an activating group) is 2. The van der Waals surface area contributed by atoms with Crippen LogP contribution in [0.2, 0.25) is 0 Å². The second kappa shape index (κ2) is 10.9. The first kappa shape index (κ1) is 21.2. The van der Waals surface area contributed by atoms with E-state index in [9.17, 15) is 9.59 Å². The molecule has 0 unspecified atom stereocenters. The van der Waals surface area contributed by atoms with Crippen molar-refractivity contribution in [2.45, 2.75) is 20.4 Å². The molecule has 0 aliphatic carbocycles. The molecule has 0 spiro atoms. The maximum atomic E-state index is 12.5. The van der Waals surface area contributed by atoms with Gasteiger partial charge in [0.2, 0.25) is 5.91 Å². The highest BCUT2D eigenvalue weighted by Crippen LogP contribution is 2.10. The van der Waals surface area contributed by atoms with Crippen LogP contribution in [-0.4, -0.2) is 76.2 Å². The van der Waals surface area contributed by atoms with E-state index in [1.807, 2.05) is 26.0 Å². The molecule has 1 fully saturated rings. The topological polar surface area (TPSA) is 67.5 Å². The number of rotatable bonds is 9. The molecule has 3 N–H and O–H groups in total. The van der Waals surface area contributed by atoms with Gasteiger partial charge in [-0.05, 0) is 38.1 Å². The van der Waals surface area contributed by atoms with Gasteiger partial charge in [0.05, 0.1) is 13.7 Å². The first-order valence-electron chi connectivity index (χ1n) is 9.90. The third-order valence-corrected chi connectivity index (χ3v) is 5.12. The fourth-order valence-corrected chi connectivity index (χ4v) is 3.47. The number of carbonyl (C=O) groups excluding carboxylic acids is 2. The maximum Gasteiger partial charge on any atom is 0.278 e. The van der Waals surface area contributed by atoms with Gasteiger partial charge in [-0.1, -0.05) is 0 Å². The lowest BCUT2D eigenvalue weighted by molar-refractivity contribution is -1.02. The van der Waals surface area contributed by atoms with Crippen LogP contribution in [0.4, 0.5) is 0 Å². The van der Waals surface area contributed by atoms with Crippen LogP contribution in [0.5, 0.6) is 5.75 Å². The normalized spacial score (nSPS) is 19.4. The van der Waals surface area contributed by atoms with Gasteiger partial charge >= 0.3 is 0 Å². The van der Waals surface area contributed by atoms with Crippen LogP contribution in [0.15, 0.2) is 24.3 Å². The summed E-state index contributed by atoms with van der Waals surface area (Å²) < 4.78 is 5.21. The van der Waals surface area contributed by atoms with E-state index >= 15 is 0 Å². The number of ether oxygens (including phenoxy) is 1. The van der Waals surface area contributed by atoms with Crippen LogP contribution in [-0.2, 0) is 16.1 Å². The molecular formula is C20H34N4O3+2. The Morgan fingerprint density at radius 2 is 1.70 bits per heavy atom. The largest absolute Gasteiger partial charge is 0.497 e. The summed E-state index contributed by atoms with van der Waals surface area (Å²) in [7, 11) is 1.68. The van der Waals surface area contributed by atoms with E-state index in [0.717, 1.165) is 38.5 Å². The summed E-state index contributed by atoms with van der Waals surface area (Å²) in [6.45, 7) is 10.7. The van der Waals surface area contributed by atoms with E-state index in [4.69, 9.17) is 4.74 Å². The van der Waals surface area contributed by atoms with E-state index in [1.165, 1.54) is 10.5 Å². The van der Waals surface area contributed by atoms with Crippen LogP contribution in [0.3, 0.4) is 0 Å². The highest BCUT2D eigenvalue weighted by Gasteiger charge is 2.27. The molecule has 7 heteroatoms. The fraction of sp³-hybridized carbons (Fsp3) is 0.600. The van der Waals surface area contributed by atoms with Crippen LogP contribution in [0.25, 0.3) is 0 Å². The van der Waals surface area contributed by atoms with E-state index in [2.05, 4.69) is 17.4 Å². The van der Waals surface area contributed by atoms with Crippen molar-refractivity contribution in [2.75, 3.05) is 59.5 Å². The molecule has 7 nitrogen and oxygen atoms in total. The number of carbonyl (C=O) groups is 2. The van der Waals surface area contributed by atoms with Crippen molar-refractivity contribution in [3.05, 3.63) is 29.8 Å². The van der Waals surface area contributed by atoms with E-state index in [0.29, 0.717) is 19.6 Å². The SMILES string of the molecule is CCNC(=O)CN(CC)C(=O)C[NH+]1CC[NH+](Cc2ccc(OC)cc2)CC1. The second-order valence-electron chi connectivity index (χ2n) is 7.06. The summed E-state index contributed by atoms with van der Waals surface area (Å²) in [6, 6.07) is 8.25. The van der Waals surface area contributed by atoms with Crippen molar-refractivity contribution in [3.63, 3.8) is 0 Å². The van der Waals surface area contributed by atoms with Gasteiger partial charge in [-0.3, -0.25) is 9.59 Å². The summed E-state index contributed by atoms with van der Waals surface area (Å²) in [5.74, 6) is 0.864. The zero-order valence-corrected chi connectivity index (χ0v) is 16.8. The zero-order chi connectivity index (χ0) is 19.6. The van der Waals surface area contributed by atoms with Crippen LogP contribution >= 0.6 is 0 Å². The van der Waals surface area contributed by atoms with Crippen molar-refractivity contribution >= 4 is 11.8 Å². The standard InChI is InChI=1S/C20H32N4O3/c1-4-21-19(25)15-24(5-2)20(26)16-23-12-10-22(11-13-23)14-17-6-8-18(27-3)9-7-17/h6-9H,4-5,10-16H2,1-3H3,(H,21,25)/p+2. The number of nitrogens with zero attached hydrogens (tertiary/aromatic N) is 1. The van der Waals surface area contributed by atoms with Gasteiger partial charge in [-0.15, -0.1) is 0 Å². The van der Waals surface area contributed by atoms with Gasteiger partial charge in [-0.25, -0.2) is 0 Å². The quantitative estimate of drug-likeness (QED) is 0.464. The predicted molar refractivity (Wildman–Crippen MR) is 104 cm³/mol. The van der Waals surface area contributed by atoms with Gasteiger partial charge < -0.3 is 24.8 Å². The van der Waals surface area contributed by atoms with Crippen LogP contribution < -0.4 is 19.9 Å². The number of hydrogen-bond donors (Lipinski definition) is 3. The number of amides is 2. The Kier molecular flexibility index (Phi) is 8.54. The van der Waals surface area contributed by atoms with Crippen molar-refractivity contribution in [3.8, 4) is 5.75 Å². The summed E-state index contributed by atoms with van der Waals surface area (Å²) >= 11 is 0. The van der Waals surface area contributed by atoms with Gasteiger partial charge in [0.15, 0.2) is 6.54 Å². The second-order valence-corrected chi connectivity index (χ2v) is 7.06. The summed E-state index contributed by atoms with van der Waals surface area (Å²) in [6.07, 6.45) is 0. The molecule has 0 radical (unpaired) electrons. The number of nitrogens with one attached hydrogen (secondary N) is 3. The average molecular weight is 379 g/mol. The summed E-state index contributed by atoms with van der Waals surface area (Å²) in [5.41, 5.74) is 1.31. The van der Waals surface area contributed by atoms with Crippen molar-refractivity contribution in [1.82, 2.24) is 10.2 Å². The molecule has 1 heterocycles. The highest BCUT2D eigenvalue weighted by atomic mass is 16.5. The Labute approximate surface area is 162 Å². The minimum absolute atomic E-state index is 0.0670. The van der Waals surface area contributed by atoms with Crippen molar-refractivity contribution in [1.29, 1.82) is 0 Å². The van der Waals surface area contributed by atoms with Gasteiger partial charge in [0, 0.05) is 18.7 Å². The Bertz CT molecular complexity index is 598. The predicted octanol–water partition coefficient (Wildman–Crippen LogP) is -2.04. The smallest absolute Gasteiger partial charge is 0.278 e. The molecule has 0 saturated carbocycles. The zero-order valence-electron chi connectivity index (χ0n) is 16.8. The first-order valence-corrected chi connectivity index (χ1v) is 9.90. The number of benzene rings is 1. The Morgan fingerprint density at radius 1 is 1.07 bits per heavy atom. The Morgan fingerprint density at radius 3 is 2.26 bits per heavy atom. The number of methoxy groups -OCH3 is 1. The maximum absolute atomic E-state index is 12.5. The van der Waals surface area contributed by atoms with Crippen LogP contribution in [0.1, 0.15) is 19.4 Å². The van der Waals surface area contributed by atoms with Gasteiger partial charge in [0.25, 0.3) is 5.91 Å². The monoisotopic (exact) mass is 378 g/mol. The molecule has 150 valence electrons. The van der Waals surface area contributed by atoms with Gasteiger partial charge in [0.1, 0.15) is 38.5 Å². The van der Waals surface area contributed by atoms with Gasteiger partial charge in [-0.2, -0.15) is 0 Å². The average Bonchev–Trinajstić information content (AvgIpc) is 2.68. The molecule has 1 aliphatic rings. The number of quaternary nitrogens is 2. The van der Waals surface area contributed by atoms with E-state index < -0.39 is 0 Å². The van der Waals surface area contributed by atoms with Crippen molar-refractivity contribution in [2.24, 2.45) is 0 Å². The number of hydrogen-bond acceptors (Lipinski definition) is 3. The number of piperazine rings is 1. The third kappa shape index (κ3) is 6.84. The molecule has 1 aliphatic heterocycles. The molecule has 2 rings (SSSR count). The molecule has 1 saturated heterocycles. The summed E-state index contributed by atoms with van der Waals surface area (Å²) in [4.78, 5) is 28.8. The fourth-order valence-electron chi connectivity index (χ4n) is 3.47. The third-order valence-electron chi connectivity index (χ3n) is 5.12. The van der Waals surface area contributed by atoms with E-state index in [-0.39, 0.29) is 18.4 Å². The lowest BCUT2D eigenvalue weighted by Crippen LogP contribution is -3.28. The lowest BCUT2D eigenvalue weighted by atomic mass is 10.2. The van der Waals surface area contributed by atoms with Crippen molar-refractivity contribution < 1.29 is 24.1 Å². The molecular weight excluding hydrogens is 344 g/mol. The molecule has 0 aromatic heterocycles. The molecule has 0 bridgehead atoms. The minimum Gasteiger partial charge on any atom is -0.497 e. The molecule has 2 amide bonds. The minimum atomic E-state index is -0.0866. The summed E-state index contributed by atoms with van der Waals surface area (Å²) in [5, 5.41) is 2.75. The molecule has 1 aromatic rings. The molecule has 27 heavy (non-hydrogen) atoms. The molecule has 0 atom stereocenters. The molecule has 1 aromatic carbocycles. The highest BCUT2D eigenvalue weighted by molar-refractivity contribution is 5.85. The van der Waals surface area contributed by atoms with E-state index in [1.54, 1.807) is 16.9 Å². The Hall–Kier alpha value is -2.12. The first-order chi connectivity index (χ1) is 13.0. The lowest BCUT2D eigenvalue weighted by Gasteiger charge is -2.30. The Balaban J connectivity index is 1.75. The van der Waals surface area contributed by atoms with Crippen LogP contribution in [0, 0.1) is 0 Å².